The zero-order chi connectivity index (χ0) is 18.3. The van der Waals surface area contributed by atoms with E-state index < -0.39 is 11.6 Å². The van der Waals surface area contributed by atoms with E-state index in [1.165, 1.54) is 13.1 Å². The van der Waals surface area contributed by atoms with E-state index in [1.54, 1.807) is 29.2 Å². The number of nitrogens with one attached hydrogen (secondary N) is 1. The van der Waals surface area contributed by atoms with Crippen molar-refractivity contribution in [2.75, 3.05) is 0 Å². The van der Waals surface area contributed by atoms with Gasteiger partial charge in [0.25, 0.3) is 0 Å². The fraction of sp³-hybridized carbons (Fsp3) is 0.0588. The molecule has 0 amide bonds. The second kappa shape index (κ2) is 6.24. The molecular formula is C17H10F2N6S. The minimum Gasteiger partial charge on any atom is -0.285 e. The summed E-state index contributed by atoms with van der Waals surface area (Å²) < 4.78 is 29.2. The number of aryl methyl sites for hydroxylation is 1. The van der Waals surface area contributed by atoms with Crippen molar-refractivity contribution >= 4 is 17.3 Å². The number of rotatable bonds is 3. The maximum absolute atomic E-state index is 14.2. The Bertz CT molecular complexity index is 1160. The van der Waals surface area contributed by atoms with Crippen LogP contribution in [0.2, 0.25) is 0 Å². The van der Waals surface area contributed by atoms with E-state index in [-0.39, 0.29) is 10.7 Å². The van der Waals surface area contributed by atoms with E-state index in [0.717, 1.165) is 29.0 Å². The lowest BCUT2D eigenvalue weighted by molar-refractivity contribution is 0.540. The Morgan fingerprint density at radius 3 is 2.77 bits per heavy atom. The molecule has 128 valence electrons. The van der Waals surface area contributed by atoms with E-state index in [2.05, 4.69) is 26.3 Å². The molecule has 0 aliphatic carbocycles. The molecule has 9 heteroatoms. The Morgan fingerprint density at radius 2 is 2.04 bits per heavy atom. The molecule has 0 unspecified atom stereocenters. The first-order valence-electron chi connectivity index (χ1n) is 7.48. The van der Waals surface area contributed by atoms with Gasteiger partial charge in [-0.15, -0.1) is 0 Å². The number of hydrogen-bond donors (Lipinski definition) is 1. The van der Waals surface area contributed by atoms with Crippen molar-refractivity contribution in [1.82, 2.24) is 24.8 Å². The largest absolute Gasteiger partial charge is 0.285 e. The minimum absolute atomic E-state index is 0.0280. The number of halogens is 2. The average molecular weight is 368 g/mol. The Balaban J connectivity index is 1.91. The molecule has 0 saturated heterocycles. The molecule has 0 atom stereocenters. The molecule has 0 aliphatic heterocycles. The molecule has 0 spiro atoms. The van der Waals surface area contributed by atoms with Crippen LogP contribution in [0.1, 0.15) is 11.3 Å². The Kier molecular flexibility index (Phi) is 3.89. The van der Waals surface area contributed by atoms with Gasteiger partial charge in [0.05, 0.1) is 29.2 Å². The molecule has 0 bridgehead atoms. The first kappa shape index (κ1) is 16.2. The summed E-state index contributed by atoms with van der Waals surface area (Å²) in [6, 6.07) is 4.68. The molecule has 0 fully saturated rings. The molecule has 4 aromatic rings. The lowest BCUT2D eigenvalue weighted by Crippen LogP contribution is -1.96. The van der Waals surface area contributed by atoms with Gasteiger partial charge >= 0.3 is 0 Å². The minimum atomic E-state index is -0.761. The van der Waals surface area contributed by atoms with Gasteiger partial charge < -0.3 is 0 Å². The summed E-state index contributed by atoms with van der Waals surface area (Å²) in [7, 11) is 0. The number of aromatic nitrogens is 5. The van der Waals surface area contributed by atoms with E-state index in [4.69, 9.17) is 0 Å². The quantitative estimate of drug-likeness (QED) is 0.596. The van der Waals surface area contributed by atoms with Crippen molar-refractivity contribution in [2.45, 2.75) is 16.8 Å². The smallest absolute Gasteiger partial charge is 0.158 e. The van der Waals surface area contributed by atoms with Crippen molar-refractivity contribution in [1.29, 1.82) is 5.26 Å². The molecule has 1 N–H and O–H groups in total. The summed E-state index contributed by atoms with van der Waals surface area (Å²) in [5, 5.41) is 20.2. The highest BCUT2D eigenvalue weighted by Crippen LogP contribution is 2.36. The van der Waals surface area contributed by atoms with Crippen molar-refractivity contribution in [2.24, 2.45) is 0 Å². The highest BCUT2D eigenvalue weighted by Gasteiger charge is 2.17. The number of aromatic amines is 1. The van der Waals surface area contributed by atoms with E-state index in [1.807, 2.05) is 0 Å². The van der Waals surface area contributed by atoms with Crippen LogP contribution >= 0.6 is 11.8 Å². The Hall–Kier alpha value is -3.25. The number of fused-ring (bicyclic) bond motifs is 1. The molecule has 0 aliphatic rings. The lowest BCUT2D eigenvalue weighted by atomic mass is 10.1. The van der Waals surface area contributed by atoms with E-state index >= 15 is 0 Å². The molecule has 26 heavy (non-hydrogen) atoms. The number of pyridine rings is 2. The van der Waals surface area contributed by atoms with Gasteiger partial charge in [0.1, 0.15) is 16.9 Å². The van der Waals surface area contributed by atoms with Gasteiger partial charge in [-0.1, -0.05) is 11.8 Å². The zero-order valence-electron chi connectivity index (χ0n) is 13.4. The predicted molar refractivity (Wildman–Crippen MR) is 90.5 cm³/mol. The Morgan fingerprint density at radius 1 is 1.19 bits per heavy atom. The first-order chi connectivity index (χ1) is 12.6. The summed E-state index contributed by atoms with van der Waals surface area (Å²) in [4.78, 5) is 4.57. The number of nitrogens with zero attached hydrogens (tertiary/aromatic N) is 5. The van der Waals surface area contributed by atoms with Gasteiger partial charge in [-0.05, 0) is 13.0 Å². The zero-order valence-corrected chi connectivity index (χ0v) is 14.2. The summed E-state index contributed by atoms with van der Waals surface area (Å²) in [6.45, 7) is 1.47. The summed E-state index contributed by atoms with van der Waals surface area (Å²) in [5.41, 5.74) is 2.58. The third kappa shape index (κ3) is 2.70. The second-order valence-electron chi connectivity index (χ2n) is 5.49. The fourth-order valence-electron chi connectivity index (χ4n) is 2.52. The molecule has 0 radical (unpaired) electrons. The maximum atomic E-state index is 14.2. The second-order valence-corrected chi connectivity index (χ2v) is 6.52. The molecule has 4 rings (SSSR count). The monoisotopic (exact) mass is 368 g/mol. The number of hydrogen-bond acceptors (Lipinski definition) is 5. The lowest BCUT2D eigenvalue weighted by Gasteiger charge is -2.09. The van der Waals surface area contributed by atoms with Crippen LogP contribution in [0.3, 0.4) is 0 Å². The van der Waals surface area contributed by atoms with Gasteiger partial charge in [0, 0.05) is 34.5 Å². The van der Waals surface area contributed by atoms with Crippen LogP contribution in [0.15, 0.2) is 46.8 Å². The van der Waals surface area contributed by atoms with Crippen molar-refractivity contribution < 1.29 is 8.78 Å². The van der Waals surface area contributed by atoms with E-state index in [9.17, 15) is 14.0 Å². The van der Waals surface area contributed by atoms with Gasteiger partial charge in [0.15, 0.2) is 5.82 Å². The normalized spacial score (nSPS) is 11.0. The van der Waals surface area contributed by atoms with E-state index in [0.29, 0.717) is 16.0 Å². The van der Waals surface area contributed by atoms with Crippen LogP contribution < -0.4 is 0 Å². The number of nitriles is 1. The number of H-pyrrole nitrogens is 1. The van der Waals surface area contributed by atoms with Crippen LogP contribution in [0, 0.1) is 29.9 Å². The molecule has 6 nitrogen and oxygen atoms in total. The Labute approximate surface area is 150 Å². The molecular weight excluding hydrogens is 358 g/mol. The van der Waals surface area contributed by atoms with Crippen molar-refractivity contribution in [3.63, 3.8) is 0 Å². The van der Waals surface area contributed by atoms with Crippen LogP contribution in [0.5, 0.6) is 0 Å². The van der Waals surface area contributed by atoms with Crippen molar-refractivity contribution in [3.05, 3.63) is 59.8 Å². The third-order valence-corrected chi connectivity index (χ3v) is 4.82. The highest BCUT2D eigenvalue weighted by atomic mass is 32.2. The van der Waals surface area contributed by atoms with Crippen LogP contribution in [-0.2, 0) is 0 Å². The topological polar surface area (TPSA) is 82.7 Å². The van der Waals surface area contributed by atoms with Crippen LogP contribution in [0.25, 0.3) is 16.6 Å². The molecule has 4 heterocycles. The molecule has 4 aromatic heterocycles. The molecule has 0 saturated carbocycles. The van der Waals surface area contributed by atoms with Gasteiger partial charge in [-0.25, -0.2) is 18.3 Å². The van der Waals surface area contributed by atoms with Gasteiger partial charge in [-0.3, -0.25) is 5.10 Å². The summed E-state index contributed by atoms with van der Waals surface area (Å²) in [6.07, 6.45) is 6.55. The SMILES string of the molecule is Cc1nc(Sc2cc(-c3cn[nH]c3)cn3ncc(C#N)c23)c(F)cc1F. The summed E-state index contributed by atoms with van der Waals surface area (Å²) >= 11 is 1.02. The molecule has 0 aromatic carbocycles. The van der Waals surface area contributed by atoms with Crippen molar-refractivity contribution in [3.8, 4) is 17.2 Å². The highest BCUT2D eigenvalue weighted by molar-refractivity contribution is 7.99. The first-order valence-corrected chi connectivity index (χ1v) is 8.29. The fourth-order valence-corrected chi connectivity index (χ4v) is 3.56. The van der Waals surface area contributed by atoms with Crippen LogP contribution in [0.4, 0.5) is 8.78 Å². The standard InChI is InChI=1S/C17H10F2N6S/c1-9-13(18)3-14(19)17(24-9)26-15-2-10(12-5-21-22-6-12)8-25-16(15)11(4-20)7-23-25/h2-3,5-8H,1H3,(H,21,22). The summed E-state index contributed by atoms with van der Waals surface area (Å²) in [5.74, 6) is -1.46. The predicted octanol–water partition coefficient (Wildman–Crippen LogP) is 3.73. The van der Waals surface area contributed by atoms with Crippen LogP contribution in [-0.4, -0.2) is 24.8 Å². The third-order valence-electron chi connectivity index (χ3n) is 3.81. The van der Waals surface area contributed by atoms with Gasteiger partial charge in [0.2, 0.25) is 0 Å². The van der Waals surface area contributed by atoms with Gasteiger partial charge in [-0.2, -0.15) is 15.5 Å². The maximum Gasteiger partial charge on any atom is 0.158 e. The average Bonchev–Trinajstić information content (AvgIpc) is 3.29.